The zero-order valence-corrected chi connectivity index (χ0v) is 12.4. The first-order valence-corrected chi connectivity index (χ1v) is 7.74. The average Bonchev–Trinajstić information content (AvgIpc) is 2.56. The molecule has 21 heavy (non-hydrogen) atoms. The van der Waals surface area contributed by atoms with Gasteiger partial charge in [0.25, 0.3) is 0 Å². The molecule has 110 valence electrons. The molecule has 1 saturated heterocycles. The standard InChI is InChI=1S/C18H23N3/c1-2-4-17(5-3-1)20-18-8-6-16(7-9-18)10-13-21-14-11-19-12-15-21/h1-9,19-20H,10-15H2. The lowest BCUT2D eigenvalue weighted by molar-refractivity contribution is 0.244. The Balaban J connectivity index is 1.51. The number of benzene rings is 2. The summed E-state index contributed by atoms with van der Waals surface area (Å²) in [5.41, 5.74) is 3.69. The lowest BCUT2D eigenvalue weighted by Crippen LogP contribution is -2.44. The fourth-order valence-electron chi connectivity index (χ4n) is 2.66. The van der Waals surface area contributed by atoms with Crippen molar-refractivity contribution in [2.24, 2.45) is 0 Å². The van der Waals surface area contributed by atoms with Gasteiger partial charge in [-0.15, -0.1) is 0 Å². The SMILES string of the molecule is c1ccc(Nc2ccc(CCN3CCNCC3)cc2)cc1. The summed E-state index contributed by atoms with van der Waals surface area (Å²) in [6, 6.07) is 19.1. The zero-order valence-electron chi connectivity index (χ0n) is 12.4. The van der Waals surface area contributed by atoms with E-state index >= 15 is 0 Å². The first kappa shape index (κ1) is 14.1. The summed E-state index contributed by atoms with van der Waals surface area (Å²) in [5, 5.41) is 6.81. The number of hydrogen-bond acceptors (Lipinski definition) is 3. The number of piperazine rings is 1. The fraction of sp³-hybridized carbons (Fsp3) is 0.333. The van der Waals surface area contributed by atoms with Crippen LogP contribution in [0.5, 0.6) is 0 Å². The predicted molar refractivity (Wildman–Crippen MR) is 89.2 cm³/mol. The van der Waals surface area contributed by atoms with Gasteiger partial charge in [0, 0.05) is 44.1 Å². The largest absolute Gasteiger partial charge is 0.356 e. The Morgan fingerprint density at radius 3 is 2.24 bits per heavy atom. The maximum Gasteiger partial charge on any atom is 0.0384 e. The Morgan fingerprint density at radius 2 is 1.52 bits per heavy atom. The molecule has 0 radical (unpaired) electrons. The second-order valence-corrected chi connectivity index (χ2v) is 5.53. The van der Waals surface area contributed by atoms with Crippen molar-refractivity contribution >= 4 is 11.4 Å². The van der Waals surface area contributed by atoms with Gasteiger partial charge >= 0.3 is 0 Å². The van der Waals surface area contributed by atoms with Gasteiger partial charge in [-0.3, -0.25) is 0 Å². The van der Waals surface area contributed by atoms with Crippen molar-refractivity contribution in [2.75, 3.05) is 38.0 Å². The van der Waals surface area contributed by atoms with Crippen LogP contribution in [0.4, 0.5) is 11.4 Å². The average molecular weight is 281 g/mol. The van der Waals surface area contributed by atoms with E-state index in [1.165, 1.54) is 18.7 Å². The third-order valence-electron chi connectivity index (χ3n) is 3.94. The normalized spacial score (nSPS) is 15.8. The number of hydrogen-bond donors (Lipinski definition) is 2. The van der Waals surface area contributed by atoms with E-state index in [2.05, 4.69) is 51.9 Å². The molecule has 0 aliphatic carbocycles. The molecular weight excluding hydrogens is 258 g/mol. The van der Waals surface area contributed by atoms with E-state index in [9.17, 15) is 0 Å². The predicted octanol–water partition coefficient (Wildman–Crippen LogP) is 2.88. The minimum Gasteiger partial charge on any atom is -0.356 e. The summed E-state index contributed by atoms with van der Waals surface area (Å²) >= 11 is 0. The third-order valence-corrected chi connectivity index (χ3v) is 3.94. The van der Waals surface area contributed by atoms with Crippen molar-refractivity contribution in [2.45, 2.75) is 6.42 Å². The maximum atomic E-state index is 3.42. The number of rotatable bonds is 5. The molecule has 0 atom stereocenters. The van der Waals surface area contributed by atoms with Gasteiger partial charge in [0.15, 0.2) is 0 Å². The lowest BCUT2D eigenvalue weighted by atomic mass is 10.1. The van der Waals surface area contributed by atoms with Crippen LogP contribution < -0.4 is 10.6 Å². The second kappa shape index (κ2) is 7.25. The molecule has 0 spiro atoms. The summed E-state index contributed by atoms with van der Waals surface area (Å²) < 4.78 is 0. The molecule has 2 aromatic rings. The molecule has 1 aliphatic rings. The first-order chi connectivity index (χ1) is 10.4. The van der Waals surface area contributed by atoms with Crippen LogP contribution in [0.2, 0.25) is 0 Å². The molecule has 0 bridgehead atoms. The molecule has 3 heteroatoms. The Morgan fingerprint density at radius 1 is 0.857 bits per heavy atom. The van der Waals surface area contributed by atoms with E-state index in [1.807, 2.05) is 18.2 Å². The van der Waals surface area contributed by atoms with Crippen LogP contribution in [0.15, 0.2) is 54.6 Å². The molecule has 2 N–H and O–H groups in total. The zero-order chi connectivity index (χ0) is 14.3. The van der Waals surface area contributed by atoms with Gasteiger partial charge < -0.3 is 15.5 Å². The van der Waals surface area contributed by atoms with Crippen LogP contribution in [-0.2, 0) is 6.42 Å². The Bertz CT molecular complexity index is 530. The molecule has 1 fully saturated rings. The van der Waals surface area contributed by atoms with Crippen LogP contribution in [0, 0.1) is 0 Å². The number of nitrogens with zero attached hydrogens (tertiary/aromatic N) is 1. The van der Waals surface area contributed by atoms with Crippen LogP contribution >= 0.6 is 0 Å². The topological polar surface area (TPSA) is 27.3 Å². The van der Waals surface area contributed by atoms with Gasteiger partial charge in [0.05, 0.1) is 0 Å². The van der Waals surface area contributed by atoms with Crippen molar-refractivity contribution in [3.63, 3.8) is 0 Å². The highest BCUT2D eigenvalue weighted by Crippen LogP contribution is 2.16. The maximum absolute atomic E-state index is 3.42. The number of nitrogens with one attached hydrogen (secondary N) is 2. The molecule has 0 amide bonds. The molecule has 0 saturated carbocycles. The van der Waals surface area contributed by atoms with Crippen LogP contribution in [0.1, 0.15) is 5.56 Å². The van der Waals surface area contributed by atoms with Crippen molar-refractivity contribution in [3.05, 3.63) is 60.2 Å². The van der Waals surface area contributed by atoms with Gasteiger partial charge in [-0.1, -0.05) is 30.3 Å². The summed E-state index contributed by atoms with van der Waals surface area (Å²) in [5.74, 6) is 0. The van der Waals surface area contributed by atoms with Crippen LogP contribution in [0.25, 0.3) is 0 Å². The molecule has 0 aromatic heterocycles. The molecule has 1 heterocycles. The quantitative estimate of drug-likeness (QED) is 0.882. The van der Waals surface area contributed by atoms with E-state index in [0.29, 0.717) is 0 Å². The van der Waals surface area contributed by atoms with Crippen molar-refractivity contribution in [1.82, 2.24) is 10.2 Å². The van der Waals surface area contributed by atoms with E-state index in [4.69, 9.17) is 0 Å². The van der Waals surface area contributed by atoms with Crippen LogP contribution in [-0.4, -0.2) is 37.6 Å². The second-order valence-electron chi connectivity index (χ2n) is 5.53. The van der Waals surface area contributed by atoms with E-state index in [0.717, 1.165) is 37.4 Å². The minimum absolute atomic E-state index is 1.12. The van der Waals surface area contributed by atoms with Crippen molar-refractivity contribution in [3.8, 4) is 0 Å². The fourth-order valence-corrected chi connectivity index (χ4v) is 2.66. The van der Waals surface area contributed by atoms with Gasteiger partial charge in [-0.2, -0.15) is 0 Å². The monoisotopic (exact) mass is 281 g/mol. The number of para-hydroxylation sites is 1. The Hall–Kier alpha value is -1.84. The van der Waals surface area contributed by atoms with Gasteiger partial charge in [0.1, 0.15) is 0 Å². The summed E-state index contributed by atoms with van der Waals surface area (Å²) in [4.78, 5) is 2.53. The van der Waals surface area contributed by atoms with Crippen molar-refractivity contribution < 1.29 is 0 Å². The highest BCUT2D eigenvalue weighted by atomic mass is 15.2. The lowest BCUT2D eigenvalue weighted by Gasteiger charge is -2.27. The Labute approximate surface area is 127 Å². The molecule has 2 aromatic carbocycles. The summed E-state index contributed by atoms with van der Waals surface area (Å²) in [6.45, 7) is 5.76. The number of anilines is 2. The van der Waals surface area contributed by atoms with Crippen LogP contribution in [0.3, 0.4) is 0 Å². The highest BCUT2D eigenvalue weighted by Gasteiger charge is 2.08. The Kier molecular flexibility index (Phi) is 4.87. The molecule has 3 rings (SSSR count). The molecule has 3 nitrogen and oxygen atoms in total. The molecule has 1 aliphatic heterocycles. The van der Waals surface area contributed by atoms with Gasteiger partial charge in [-0.05, 0) is 36.2 Å². The van der Waals surface area contributed by atoms with Gasteiger partial charge in [0.2, 0.25) is 0 Å². The molecular formula is C18H23N3. The summed E-state index contributed by atoms with van der Waals surface area (Å²) in [7, 11) is 0. The highest BCUT2D eigenvalue weighted by molar-refractivity contribution is 5.59. The summed E-state index contributed by atoms with van der Waals surface area (Å²) in [6.07, 6.45) is 1.13. The van der Waals surface area contributed by atoms with E-state index in [-0.39, 0.29) is 0 Å². The first-order valence-electron chi connectivity index (χ1n) is 7.74. The van der Waals surface area contributed by atoms with Gasteiger partial charge in [-0.25, -0.2) is 0 Å². The third kappa shape index (κ3) is 4.31. The van der Waals surface area contributed by atoms with E-state index in [1.54, 1.807) is 0 Å². The van der Waals surface area contributed by atoms with E-state index < -0.39 is 0 Å². The van der Waals surface area contributed by atoms with Crippen molar-refractivity contribution in [1.29, 1.82) is 0 Å². The smallest absolute Gasteiger partial charge is 0.0384 e. The molecule has 0 unspecified atom stereocenters. The minimum atomic E-state index is 1.12.